The molecule has 0 aliphatic rings. The van der Waals surface area contributed by atoms with Crippen LogP contribution >= 0.6 is 0 Å². The summed E-state index contributed by atoms with van der Waals surface area (Å²) in [5.41, 5.74) is 12.2. The van der Waals surface area contributed by atoms with E-state index < -0.39 is 72.7 Å². The summed E-state index contributed by atoms with van der Waals surface area (Å²) in [7, 11) is 0. The van der Waals surface area contributed by atoms with Gasteiger partial charge < -0.3 is 42.6 Å². The fraction of sp³-hybridized carbons (Fsp3) is 0.458. The van der Waals surface area contributed by atoms with Crippen LogP contribution in [0.15, 0.2) is 30.5 Å². The van der Waals surface area contributed by atoms with Crippen molar-refractivity contribution in [2.45, 2.75) is 57.3 Å². The van der Waals surface area contributed by atoms with Crippen LogP contribution < -0.4 is 27.4 Å². The van der Waals surface area contributed by atoms with E-state index in [1.807, 2.05) is 18.2 Å². The Morgan fingerprint density at radius 3 is 2.24 bits per heavy atom. The Balaban J connectivity index is 2.20. The number of nitrogens with two attached hydrogens (primary N) is 2. The number of aromatic nitrogens is 1. The monoisotopic (exact) mass is 518 g/mol. The number of nitrogens with one attached hydrogen (secondary N) is 4. The van der Waals surface area contributed by atoms with Gasteiger partial charge in [-0.1, -0.05) is 38.5 Å². The summed E-state index contributed by atoms with van der Waals surface area (Å²) < 4.78 is 0. The van der Waals surface area contributed by atoms with Crippen LogP contribution in [0, 0.1) is 5.92 Å². The average molecular weight is 519 g/mol. The van der Waals surface area contributed by atoms with Gasteiger partial charge in [-0.25, -0.2) is 4.79 Å². The number of amides is 4. The molecule has 0 fully saturated rings. The zero-order valence-electron chi connectivity index (χ0n) is 20.7. The maximum absolute atomic E-state index is 13.0. The van der Waals surface area contributed by atoms with Gasteiger partial charge in [-0.2, -0.15) is 0 Å². The Hall–Kier alpha value is -3.97. The minimum Gasteiger partial charge on any atom is -0.480 e. The zero-order valence-corrected chi connectivity index (χ0v) is 20.7. The summed E-state index contributed by atoms with van der Waals surface area (Å²) in [5, 5.41) is 26.8. The number of H-pyrrole nitrogens is 1. The van der Waals surface area contributed by atoms with E-state index in [2.05, 4.69) is 20.9 Å². The lowest BCUT2D eigenvalue weighted by Crippen LogP contribution is -2.59. The number of para-hydroxylation sites is 1. The average Bonchev–Trinajstić information content (AvgIpc) is 3.27. The van der Waals surface area contributed by atoms with E-state index in [9.17, 15) is 29.1 Å². The number of rotatable bonds is 14. The molecule has 0 bridgehead atoms. The van der Waals surface area contributed by atoms with Crippen LogP contribution in [-0.2, 0) is 30.4 Å². The number of carbonyl (C=O) groups is 5. The number of hydrogen-bond donors (Lipinski definition) is 8. The molecule has 0 aliphatic heterocycles. The number of aliphatic carboxylic acids is 1. The number of hydrogen-bond acceptors (Lipinski definition) is 7. The Labute approximate surface area is 213 Å². The topological polar surface area (TPSA) is 230 Å². The van der Waals surface area contributed by atoms with E-state index in [1.165, 1.54) is 0 Å². The fourth-order valence-corrected chi connectivity index (χ4v) is 3.71. The van der Waals surface area contributed by atoms with Crippen LogP contribution in [0.4, 0.5) is 0 Å². The number of fused-ring (bicyclic) bond motifs is 1. The second-order valence-electron chi connectivity index (χ2n) is 8.86. The number of aromatic amines is 1. The predicted molar refractivity (Wildman–Crippen MR) is 134 cm³/mol. The molecule has 1 heterocycles. The molecule has 2 aromatic rings. The largest absolute Gasteiger partial charge is 0.480 e. The van der Waals surface area contributed by atoms with Gasteiger partial charge in [0.15, 0.2) is 0 Å². The minimum atomic E-state index is -1.50. The van der Waals surface area contributed by atoms with Crippen molar-refractivity contribution < 1.29 is 34.2 Å². The Morgan fingerprint density at radius 1 is 1.00 bits per heavy atom. The first-order valence-electron chi connectivity index (χ1n) is 11.8. The Bertz CT molecular complexity index is 1130. The molecular formula is C24H34N6O7. The lowest BCUT2D eigenvalue weighted by Gasteiger charge is -2.27. The maximum atomic E-state index is 13.0. The molecule has 0 aliphatic carbocycles. The molecule has 5 unspecified atom stereocenters. The van der Waals surface area contributed by atoms with Crippen LogP contribution in [0.3, 0.4) is 0 Å². The van der Waals surface area contributed by atoms with Crippen LogP contribution in [-0.4, -0.2) is 75.6 Å². The second kappa shape index (κ2) is 13.4. The Kier molecular flexibility index (Phi) is 10.6. The quantitative estimate of drug-likeness (QED) is 0.146. The van der Waals surface area contributed by atoms with Gasteiger partial charge >= 0.3 is 5.97 Å². The molecule has 1 aromatic carbocycles. The van der Waals surface area contributed by atoms with Gasteiger partial charge in [0, 0.05) is 23.5 Å². The summed E-state index contributed by atoms with van der Waals surface area (Å²) >= 11 is 0. The molecule has 10 N–H and O–H groups in total. The first-order valence-corrected chi connectivity index (χ1v) is 11.8. The third-order valence-electron chi connectivity index (χ3n) is 6.08. The number of carbonyl (C=O) groups excluding carboxylic acids is 4. The van der Waals surface area contributed by atoms with Crippen molar-refractivity contribution in [3.05, 3.63) is 36.0 Å². The molecule has 1 aromatic heterocycles. The van der Waals surface area contributed by atoms with Crippen LogP contribution in [0.25, 0.3) is 10.9 Å². The molecule has 37 heavy (non-hydrogen) atoms. The normalized spacial score (nSPS) is 15.1. The predicted octanol–water partition coefficient (Wildman–Crippen LogP) is -1.51. The van der Waals surface area contributed by atoms with Gasteiger partial charge in [-0.05, 0) is 17.5 Å². The van der Waals surface area contributed by atoms with Crippen molar-refractivity contribution in [3.8, 4) is 0 Å². The highest BCUT2D eigenvalue weighted by Gasteiger charge is 2.33. The first-order chi connectivity index (χ1) is 17.5. The van der Waals surface area contributed by atoms with E-state index in [0.29, 0.717) is 12.0 Å². The zero-order chi connectivity index (χ0) is 27.7. The standard InChI is InChI=1S/C24H34N6O7/c1-3-12(2)20(30-21(33)15(25)11-31)23(35)28-17(9-19(26)32)22(34)29-18(24(36)37)8-13-10-27-16-7-5-4-6-14(13)16/h4-7,10,12,15,17-18,20,27,31H,3,8-9,11,25H2,1-2H3,(H2,26,32)(H,28,35)(H,29,34)(H,30,33)(H,36,37). The van der Waals surface area contributed by atoms with Crippen molar-refractivity contribution in [3.63, 3.8) is 0 Å². The molecule has 0 saturated carbocycles. The highest BCUT2D eigenvalue weighted by Crippen LogP contribution is 2.19. The maximum Gasteiger partial charge on any atom is 0.326 e. The molecule has 2 rings (SSSR count). The van der Waals surface area contributed by atoms with Crippen molar-refractivity contribution in [2.24, 2.45) is 17.4 Å². The molecule has 13 nitrogen and oxygen atoms in total. The number of benzene rings is 1. The van der Waals surface area contributed by atoms with E-state index in [4.69, 9.17) is 16.6 Å². The number of aliphatic hydroxyl groups excluding tert-OH is 1. The second-order valence-corrected chi connectivity index (χ2v) is 8.86. The van der Waals surface area contributed by atoms with Crippen LogP contribution in [0.1, 0.15) is 32.3 Å². The highest BCUT2D eigenvalue weighted by atomic mass is 16.4. The van der Waals surface area contributed by atoms with Gasteiger partial charge in [0.25, 0.3) is 0 Å². The molecule has 5 atom stereocenters. The molecule has 13 heteroatoms. The highest BCUT2D eigenvalue weighted by molar-refractivity contribution is 5.96. The van der Waals surface area contributed by atoms with Gasteiger partial charge in [0.05, 0.1) is 13.0 Å². The number of carboxylic acids is 1. The summed E-state index contributed by atoms with van der Waals surface area (Å²) in [5.74, 6) is -5.12. The number of carboxylic acid groups (broad SMARTS) is 1. The summed E-state index contributed by atoms with van der Waals surface area (Å²) in [6.45, 7) is 2.82. The molecule has 0 spiro atoms. The third kappa shape index (κ3) is 8.02. The van der Waals surface area contributed by atoms with E-state index in [1.54, 1.807) is 26.1 Å². The molecule has 4 amide bonds. The van der Waals surface area contributed by atoms with Gasteiger partial charge in [-0.15, -0.1) is 0 Å². The van der Waals surface area contributed by atoms with Crippen LogP contribution in [0.2, 0.25) is 0 Å². The molecule has 202 valence electrons. The van der Waals surface area contributed by atoms with Gasteiger partial charge in [0.1, 0.15) is 24.2 Å². The van der Waals surface area contributed by atoms with E-state index in [-0.39, 0.29) is 6.42 Å². The van der Waals surface area contributed by atoms with Crippen molar-refractivity contribution in [2.75, 3.05) is 6.61 Å². The van der Waals surface area contributed by atoms with Crippen LogP contribution in [0.5, 0.6) is 0 Å². The van der Waals surface area contributed by atoms with E-state index >= 15 is 0 Å². The SMILES string of the molecule is CCC(C)C(NC(=O)C(N)CO)C(=O)NC(CC(N)=O)C(=O)NC(Cc1c[nH]c2ccccc12)C(=O)O. The fourth-order valence-electron chi connectivity index (χ4n) is 3.71. The summed E-state index contributed by atoms with van der Waals surface area (Å²) in [6.07, 6.45) is 1.44. The molecular weight excluding hydrogens is 484 g/mol. The minimum absolute atomic E-state index is 0.0626. The number of aliphatic hydroxyl groups is 1. The van der Waals surface area contributed by atoms with Gasteiger partial charge in [0.2, 0.25) is 23.6 Å². The smallest absolute Gasteiger partial charge is 0.326 e. The molecule has 0 saturated heterocycles. The third-order valence-corrected chi connectivity index (χ3v) is 6.08. The molecule has 0 radical (unpaired) electrons. The van der Waals surface area contributed by atoms with Gasteiger partial charge in [-0.3, -0.25) is 19.2 Å². The lowest BCUT2D eigenvalue weighted by atomic mass is 9.97. The van der Waals surface area contributed by atoms with Crippen molar-refractivity contribution >= 4 is 40.5 Å². The summed E-state index contributed by atoms with van der Waals surface area (Å²) in [6, 6.07) is 1.99. The summed E-state index contributed by atoms with van der Waals surface area (Å²) in [4.78, 5) is 64.8. The van der Waals surface area contributed by atoms with Crippen molar-refractivity contribution in [1.29, 1.82) is 0 Å². The Morgan fingerprint density at radius 2 is 1.65 bits per heavy atom. The number of primary amides is 1. The lowest BCUT2D eigenvalue weighted by molar-refractivity contribution is -0.142. The van der Waals surface area contributed by atoms with E-state index in [0.717, 1.165) is 10.9 Å². The first kappa shape index (κ1) is 29.3. The van der Waals surface area contributed by atoms with Crippen molar-refractivity contribution in [1.82, 2.24) is 20.9 Å².